The third-order valence-corrected chi connectivity index (χ3v) is 3.64. The lowest BCUT2D eigenvalue weighted by molar-refractivity contribution is -0.143. The highest BCUT2D eigenvalue weighted by Crippen LogP contribution is 2.27. The van der Waals surface area contributed by atoms with Crippen LogP contribution in [0.1, 0.15) is 30.1 Å². The maximum absolute atomic E-state index is 12.2. The highest BCUT2D eigenvalue weighted by atomic mass is 16.4. The van der Waals surface area contributed by atoms with Gasteiger partial charge in [0.1, 0.15) is 0 Å². The molecule has 1 aliphatic carbocycles. The first-order chi connectivity index (χ1) is 10.5. The van der Waals surface area contributed by atoms with Gasteiger partial charge in [-0.05, 0) is 25.0 Å². The van der Waals surface area contributed by atoms with Crippen LogP contribution < -0.4 is 5.32 Å². The summed E-state index contributed by atoms with van der Waals surface area (Å²) in [5, 5.41) is 11.6. The molecule has 2 N–H and O–H groups in total. The van der Waals surface area contributed by atoms with Crippen molar-refractivity contribution in [3.8, 4) is 0 Å². The number of hydrogen-bond donors (Lipinski definition) is 2. The molecule has 0 heterocycles. The van der Waals surface area contributed by atoms with Crippen LogP contribution in [0.2, 0.25) is 0 Å². The average Bonchev–Trinajstić information content (AvgIpc) is 3.35. The van der Waals surface area contributed by atoms with Gasteiger partial charge < -0.3 is 15.3 Å². The zero-order chi connectivity index (χ0) is 16.1. The molecule has 0 spiro atoms. The van der Waals surface area contributed by atoms with E-state index in [4.69, 9.17) is 5.11 Å². The molecule has 6 nitrogen and oxygen atoms in total. The van der Waals surface area contributed by atoms with Crippen LogP contribution >= 0.6 is 0 Å². The van der Waals surface area contributed by atoms with Crippen LogP contribution in [0.25, 0.3) is 0 Å². The predicted octanol–water partition coefficient (Wildman–Crippen LogP) is 1.13. The number of aliphatic carboxylic acids is 1. The van der Waals surface area contributed by atoms with Gasteiger partial charge in [0.25, 0.3) is 5.91 Å². The lowest BCUT2D eigenvalue weighted by atomic mass is 10.1. The highest BCUT2D eigenvalue weighted by Gasteiger charge is 2.34. The van der Waals surface area contributed by atoms with Crippen LogP contribution in [0.5, 0.6) is 0 Å². The molecule has 1 aliphatic rings. The van der Waals surface area contributed by atoms with E-state index in [1.165, 1.54) is 0 Å². The van der Waals surface area contributed by atoms with E-state index >= 15 is 0 Å². The first kappa shape index (κ1) is 16.0. The van der Waals surface area contributed by atoms with Crippen LogP contribution in [0.4, 0.5) is 0 Å². The summed E-state index contributed by atoms with van der Waals surface area (Å²) in [5.41, 5.74) is 0.493. The second-order valence-corrected chi connectivity index (χ2v) is 5.57. The number of benzene rings is 1. The Morgan fingerprint density at radius 1 is 1.27 bits per heavy atom. The predicted molar refractivity (Wildman–Crippen MR) is 80.3 cm³/mol. The molecule has 2 amide bonds. The van der Waals surface area contributed by atoms with E-state index in [-0.39, 0.29) is 30.9 Å². The molecule has 0 aromatic heterocycles. The maximum atomic E-state index is 12.2. The van der Waals surface area contributed by atoms with Crippen molar-refractivity contribution in [3.05, 3.63) is 35.9 Å². The van der Waals surface area contributed by atoms with Crippen molar-refractivity contribution in [1.29, 1.82) is 0 Å². The lowest BCUT2D eigenvalue weighted by Crippen LogP contribution is -2.44. The molecule has 1 aromatic carbocycles. The normalized spacial score (nSPS) is 15.0. The maximum Gasteiger partial charge on any atom is 0.308 e. The third-order valence-electron chi connectivity index (χ3n) is 3.64. The van der Waals surface area contributed by atoms with E-state index < -0.39 is 11.9 Å². The minimum atomic E-state index is -0.924. The fourth-order valence-corrected chi connectivity index (χ4v) is 2.16. The summed E-state index contributed by atoms with van der Waals surface area (Å²) < 4.78 is 0. The standard InChI is InChI=1S/C16H20N2O4/c1-11(16(21)22)10-18(13-7-8-13)14(19)9-17-15(20)12-5-3-2-4-6-12/h2-6,11,13H,7-10H2,1H3,(H,17,20)(H,21,22). The summed E-state index contributed by atoms with van der Waals surface area (Å²) in [6.45, 7) is 1.64. The number of carbonyl (C=O) groups is 3. The molecular weight excluding hydrogens is 284 g/mol. The molecule has 1 aromatic rings. The van der Waals surface area contributed by atoms with Gasteiger partial charge in [-0.3, -0.25) is 14.4 Å². The lowest BCUT2D eigenvalue weighted by Gasteiger charge is -2.24. The Labute approximate surface area is 129 Å². The molecule has 1 fully saturated rings. The first-order valence-corrected chi connectivity index (χ1v) is 7.34. The van der Waals surface area contributed by atoms with Crippen molar-refractivity contribution in [2.45, 2.75) is 25.8 Å². The van der Waals surface area contributed by atoms with Crippen LogP contribution in [0, 0.1) is 5.92 Å². The second-order valence-electron chi connectivity index (χ2n) is 5.57. The molecular formula is C16H20N2O4. The molecule has 0 bridgehead atoms. The Hall–Kier alpha value is -2.37. The van der Waals surface area contributed by atoms with Crippen LogP contribution in [0.15, 0.2) is 30.3 Å². The van der Waals surface area contributed by atoms with E-state index in [1.54, 1.807) is 36.1 Å². The van der Waals surface area contributed by atoms with Gasteiger partial charge in [-0.15, -0.1) is 0 Å². The van der Waals surface area contributed by atoms with Gasteiger partial charge in [-0.1, -0.05) is 25.1 Å². The van der Waals surface area contributed by atoms with Crippen molar-refractivity contribution < 1.29 is 19.5 Å². The molecule has 1 unspecified atom stereocenters. The first-order valence-electron chi connectivity index (χ1n) is 7.34. The smallest absolute Gasteiger partial charge is 0.308 e. The van der Waals surface area contributed by atoms with Crippen LogP contribution in [-0.2, 0) is 9.59 Å². The average molecular weight is 304 g/mol. The molecule has 0 saturated heterocycles. The molecule has 1 saturated carbocycles. The number of nitrogens with one attached hydrogen (secondary N) is 1. The van der Waals surface area contributed by atoms with Crippen molar-refractivity contribution in [2.75, 3.05) is 13.1 Å². The molecule has 6 heteroatoms. The summed E-state index contributed by atoms with van der Waals surface area (Å²) in [6.07, 6.45) is 1.79. The minimum Gasteiger partial charge on any atom is -0.481 e. The van der Waals surface area contributed by atoms with E-state index in [2.05, 4.69) is 5.32 Å². The number of carboxylic acids is 1. The highest BCUT2D eigenvalue weighted by molar-refractivity contribution is 5.96. The number of carboxylic acid groups (broad SMARTS) is 1. The van der Waals surface area contributed by atoms with Crippen LogP contribution in [-0.4, -0.2) is 46.9 Å². The van der Waals surface area contributed by atoms with Gasteiger partial charge in [-0.25, -0.2) is 0 Å². The molecule has 22 heavy (non-hydrogen) atoms. The molecule has 118 valence electrons. The summed E-state index contributed by atoms with van der Waals surface area (Å²) in [7, 11) is 0. The molecule has 0 radical (unpaired) electrons. The Morgan fingerprint density at radius 3 is 2.45 bits per heavy atom. The summed E-state index contributed by atoms with van der Waals surface area (Å²) in [5.74, 6) is -2.09. The van der Waals surface area contributed by atoms with Crippen LogP contribution in [0.3, 0.4) is 0 Å². The van der Waals surface area contributed by atoms with E-state index in [1.807, 2.05) is 6.07 Å². The topological polar surface area (TPSA) is 86.7 Å². The van der Waals surface area contributed by atoms with Gasteiger partial charge in [0, 0.05) is 18.2 Å². The Kier molecular flexibility index (Phi) is 5.14. The quantitative estimate of drug-likeness (QED) is 0.790. The van der Waals surface area contributed by atoms with Gasteiger partial charge in [0.05, 0.1) is 12.5 Å². The number of amides is 2. The van der Waals surface area contributed by atoms with Crippen molar-refractivity contribution in [3.63, 3.8) is 0 Å². The minimum absolute atomic E-state index is 0.114. The van der Waals surface area contributed by atoms with Gasteiger partial charge >= 0.3 is 5.97 Å². The van der Waals surface area contributed by atoms with Gasteiger partial charge in [0.2, 0.25) is 5.91 Å². The molecule has 1 atom stereocenters. The zero-order valence-corrected chi connectivity index (χ0v) is 12.5. The van der Waals surface area contributed by atoms with Gasteiger partial charge in [0.15, 0.2) is 0 Å². The van der Waals surface area contributed by atoms with Crippen molar-refractivity contribution in [2.24, 2.45) is 5.92 Å². The SMILES string of the molecule is CC(CN(C(=O)CNC(=O)c1ccccc1)C1CC1)C(=O)O. The number of nitrogens with zero attached hydrogens (tertiary/aromatic N) is 1. The third kappa shape index (κ3) is 4.31. The monoisotopic (exact) mass is 304 g/mol. The summed E-state index contributed by atoms with van der Waals surface area (Å²) >= 11 is 0. The summed E-state index contributed by atoms with van der Waals surface area (Å²) in [6, 6.07) is 8.77. The Balaban J connectivity index is 1.89. The number of carbonyl (C=O) groups excluding carboxylic acids is 2. The number of hydrogen-bond acceptors (Lipinski definition) is 3. The fraction of sp³-hybridized carbons (Fsp3) is 0.438. The van der Waals surface area contributed by atoms with E-state index in [0.29, 0.717) is 5.56 Å². The van der Waals surface area contributed by atoms with E-state index in [9.17, 15) is 14.4 Å². The van der Waals surface area contributed by atoms with Crippen molar-refractivity contribution >= 4 is 17.8 Å². The zero-order valence-electron chi connectivity index (χ0n) is 12.5. The Morgan fingerprint density at radius 2 is 1.91 bits per heavy atom. The van der Waals surface area contributed by atoms with Crippen molar-refractivity contribution in [1.82, 2.24) is 10.2 Å². The number of rotatable bonds is 7. The van der Waals surface area contributed by atoms with E-state index in [0.717, 1.165) is 12.8 Å². The Bertz CT molecular complexity index is 555. The second kappa shape index (κ2) is 7.06. The summed E-state index contributed by atoms with van der Waals surface area (Å²) in [4.78, 5) is 36.7. The van der Waals surface area contributed by atoms with Gasteiger partial charge in [-0.2, -0.15) is 0 Å². The molecule has 0 aliphatic heterocycles. The molecule has 2 rings (SSSR count). The largest absolute Gasteiger partial charge is 0.481 e. The fourth-order valence-electron chi connectivity index (χ4n) is 2.16.